The summed E-state index contributed by atoms with van der Waals surface area (Å²) in [6.45, 7) is 2.22. The Bertz CT molecular complexity index is 1430. The van der Waals surface area contributed by atoms with Gasteiger partial charge in [0.15, 0.2) is 0 Å². The fourth-order valence-corrected chi connectivity index (χ4v) is 4.12. The van der Waals surface area contributed by atoms with Gasteiger partial charge >= 0.3 is 5.97 Å². The maximum absolute atomic E-state index is 12.7. The Hall–Kier alpha value is -4.78. The van der Waals surface area contributed by atoms with Gasteiger partial charge in [-0.2, -0.15) is 0 Å². The number of sulfonamides is 1. The van der Waals surface area contributed by atoms with E-state index in [1.54, 1.807) is 12.1 Å². The summed E-state index contributed by atoms with van der Waals surface area (Å²) in [5.41, 5.74) is 0.0288. The highest BCUT2D eigenvalue weighted by Crippen LogP contribution is 2.12. The minimum Gasteiger partial charge on any atom is -0.492 e. The lowest BCUT2D eigenvalue weighted by atomic mass is 10.2. The highest BCUT2D eigenvalue weighted by Gasteiger charge is 2.20. The number of ether oxygens (including phenoxy) is 2. The van der Waals surface area contributed by atoms with Gasteiger partial charge in [0.1, 0.15) is 24.6 Å². The van der Waals surface area contributed by atoms with Gasteiger partial charge < -0.3 is 20.1 Å². The average molecular weight is 569 g/mol. The molecule has 1 heterocycles. The molecule has 0 saturated carbocycles. The summed E-state index contributed by atoms with van der Waals surface area (Å²) < 4.78 is 37.6. The predicted octanol–water partition coefficient (Wildman–Crippen LogP) is 1.69. The van der Waals surface area contributed by atoms with Crippen LogP contribution in [0.5, 0.6) is 5.75 Å². The number of carbonyl (C=O) groups excluding carboxylic acids is 4. The van der Waals surface area contributed by atoms with Crippen molar-refractivity contribution in [3.8, 4) is 5.75 Å². The molecule has 0 radical (unpaired) electrons. The van der Waals surface area contributed by atoms with Gasteiger partial charge in [0.2, 0.25) is 0 Å². The van der Waals surface area contributed by atoms with Crippen molar-refractivity contribution in [1.29, 1.82) is 0 Å². The Morgan fingerprint density at radius 1 is 0.800 bits per heavy atom. The van der Waals surface area contributed by atoms with Crippen LogP contribution in [0.3, 0.4) is 0 Å². The van der Waals surface area contributed by atoms with Gasteiger partial charge in [-0.3, -0.25) is 24.2 Å². The van der Waals surface area contributed by atoms with Crippen LogP contribution in [0.4, 0.5) is 0 Å². The Kier molecular flexibility index (Phi) is 10.7. The Morgan fingerprint density at radius 2 is 1.50 bits per heavy atom. The van der Waals surface area contributed by atoms with Gasteiger partial charge in [-0.15, -0.1) is 0 Å². The molecule has 0 unspecified atom stereocenters. The molecule has 3 aromatic rings. The molecule has 2 aromatic carbocycles. The first-order chi connectivity index (χ1) is 19.2. The quantitative estimate of drug-likeness (QED) is 0.205. The van der Waals surface area contributed by atoms with Crippen molar-refractivity contribution in [2.24, 2.45) is 0 Å². The number of para-hydroxylation sites is 1. The molecule has 0 aliphatic rings. The number of carbonyl (C=O) groups is 4. The first-order valence-electron chi connectivity index (χ1n) is 12.2. The van der Waals surface area contributed by atoms with E-state index >= 15 is 0 Å². The third-order valence-corrected chi connectivity index (χ3v) is 6.52. The van der Waals surface area contributed by atoms with Crippen LogP contribution in [0.1, 0.15) is 44.5 Å². The number of nitrogens with zero attached hydrogens (tertiary/aromatic N) is 1. The molecule has 0 saturated heterocycles. The number of hydrogen-bond acceptors (Lipinski definition) is 9. The summed E-state index contributed by atoms with van der Waals surface area (Å²) >= 11 is 0. The van der Waals surface area contributed by atoms with Crippen LogP contribution in [0.2, 0.25) is 0 Å². The first-order valence-corrected chi connectivity index (χ1v) is 13.7. The highest BCUT2D eigenvalue weighted by atomic mass is 32.2. The van der Waals surface area contributed by atoms with Gasteiger partial charge in [-0.1, -0.05) is 25.1 Å². The molecule has 13 heteroatoms. The van der Waals surface area contributed by atoms with Gasteiger partial charge in [-0.05, 0) is 55.0 Å². The minimum atomic E-state index is -4.26. The maximum atomic E-state index is 12.7. The molecule has 0 atom stereocenters. The zero-order valence-electron chi connectivity index (χ0n) is 21.6. The third kappa shape index (κ3) is 8.91. The molecule has 0 fully saturated rings. The molecule has 210 valence electrons. The van der Waals surface area contributed by atoms with Gasteiger partial charge in [-0.25, -0.2) is 13.1 Å². The summed E-state index contributed by atoms with van der Waals surface area (Å²) in [4.78, 5) is 52.0. The van der Waals surface area contributed by atoms with Crippen molar-refractivity contribution in [2.45, 2.75) is 18.2 Å². The lowest BCUT2D eigenvalue weighted by Gasteiger charge is -2.09. The van der Waals surface area contributed by atoms with Crippen LogP contribution in [0.15, 0.2) is 77.8 Å². The standard InChI is InChI=1S/C27H28N4O8S/c1-2-15-39-24(32)18-30-27(35)23-13-10-20(17-29-23)26(34)31-40(36,37)22-11-8-19(9-12-22)25(33)28-14-16-38-21-6-4-3-5-7-21/h3-13,17H,2,14-16,18H2,1H3,(H,28,33)(H,30,35)(H,31,34). The number of aromatic nitrogens is 1. The second-order valence-corrected chi connectivity index (χ2v) is 9.89. The number of hydrogen-bond donors (Lipinski definition) is 3. The number of rotatable bonds is 13. The number of esters is 1. The molecule has 0 bridgehead atoms. The largest absolute Gasteiger partial charge is 0.492 e. The van der Waals surface area contributed by atoms with E-state index in [1.807, 2.05) is 29.8 Å². The summed E-state index contributed by atoms with van der Waals surface area (Å²) in [5.74, 6) is -1.98. The fourth-order valence-electron chi connectivity index (χ4n) is 3.15. The van der Waals surface area contributed by atoms with Crippen molar-refractivity contribution < 1.29 is 37.1 Å². The van der Waals surface area contributed by atoms with Gasteiger partial charge in [0.05, 0.1) is 23.6 Å². The van der Waals surface area contributed by atoms with Crippen molar-refractivity contribution in [2.75, 3.05) is 26.3 Å². The van der Waals surface area contributed by atoms with E-state index in [-0.39, 0.29) is 48.0 Å². The second-order valence-electron chi connectivity index (χ2n) is 8.21. The molecule has 12 nitrogen and oxygen atoms in total. The molecule has 0 aliphatic carbocycles. The summed E-state index contributed by atoms with van der Waals surface area (Å²) in [6, 6.07) is 16.6. The second kappa shape index (κ2) is 14.4. The van der Waals surface area contributed by atoms with Crippen LogP contribution in [-0.4, -0.2) is 63.4 Å². The van der Waals surface area contributed by atoms with E-state index in [9.17, 15) is 27.6 Å². The van der Waals surface area contributed by atoms with Crippen LogP contribution < -0.4 is 20.1 Å². The van der Waals surface area contributed by atoms with E-state index in [0.29, 0.717) is 12.2 Å². The number of amides is 3. The molecule has 3 amide bonds. The van der Waals surface area contributed by atoms with E-state index in [4.69, 9.17) is 9.47 Å². The zero-order chi connectivity index (χ0) is 29.0. The Labute approximate surface area is 231 Å². The van der Waals surface area contributed by atoms with E-state index < -0.39 is 33.7 Å². The molecule has 0 aliphatic heterocycles. The molecule has 3 rings (SSSR count). The van der Waals surface area contributed by atoms with E-state index in [0.717, 1.165) is 6.20 Å². The lowest BCUT2D eigenvalue weighted by molar-refractivity contribution is -0.142. The van der Waals surface area contributed by atoms with Gasteiger partial charge in [0, 0.05) is 11.8 Å². The van der Waals surface area contributed by atoms with Crippen LogP contribution in [-0.2, 0) is 19.6 Å². The smallest absolute Gasteiger partial charge is 0.325 e. The zero-order valence-corrected chi connectivity index (χ0v) is 22.4. The monoisotopic (exact) mass is 568 g/mol. The fraction of sp³-hybridized carbons (Fsp3) is 0.222. The summed E-state index contributed by atoms with van der Waals surface area (Å²) in [5, 5.41) is 5.02. The average Bonchev–Trinajstić information content (AvgIpc) is 2.97. The Balaban J connectivity index is 1.50. The van der Waals surface area contributed by atoms with Gasteiger partial charge in [0.25, 0.3) is 27.7 Å². The van der Waals surface area contributed by atoms with Crippen LogP contribution in [0, 0.1) is 0 Å². The SMILES string of the molecule is CCCOC(=O)CNC(=O)c1ccc(C(=O)NS(=O)(=O)c2ccc(C(=O)NCCOc3ccccc3)cc2)cn1. The van der Waals surface area contributed by atoms with Crippen molar-refractivity contribution in [3.05, 3.63) is 89.7 Å². The number of benzene rings is 2. The van der Waals surface area contributed by atoms with Crippen LogP contribution in [0.25, 0.3) is 0 Å². The molecular formula is C27H28N4O8S. The molecule has 40 heavy (non-hydrogen) atoms. The Morgan fingerprint density at radius 3 is 2.15 bits per heavy atom. The van der Waals surface area contributed by atoms with Crippen molar-refractivity contribution in [1.82, 2.24) is 20.3 Å². The van der Waals surface area contributed by atoms with Crippen molar-refractivity contribution >= 4 is 33.7 Å². The molecule has 1 aromatic heterocycles. The number of nitrogens with one attached hydrogen (secondary N) is 3. The van der Waals surface area contributed by atoms with E-state index in [1.165, 1.54) is 36.4 Å². The summed E-state index contributed by atoms with van der Waals surface area (Å²) in [7, 11) is -4.26. The third-order valence-electron chi connectivity index (χ3n) is 5.17. The maximum Gasteiger partial charge on any atom is 0.325 e. The van der Waals surface area contributed by atoms with Crippen LogP contribution >= 0.6 is 0 Å². The normalized spacial score (nSPS) is 10.7. The minimum absolute atomic E-state index is 0.0804. The molecule has 3 N–H and O–H groups in total. The lowest BCUT2D eigenvalue weighted by Crippen LogP contribution is -2.32. The predicted molar refractivity (Wildman–Crippen MR) is 143 cm³/mol. The molecule has 0 spiro atoms. The molecular weight excluding hydrogens is 540 g/mol. The highest BCUT2D eigenvalue weighted by molar-refractivity contribution is 7.90. The number of pyridine rings is 1. The van der Waals surface area contributed by atoms with Crippen molar-refractivity contribution in [3.63, 3.8) is 0 Å². The first kappa shape index (κ1) is 29.8. The topological polar surface area (TPSA) is 170 Å². The van der Waals surface area contributed by atoms with E-state index in [2.05, 4.69) is 15.6 Å². The summed E-state index contributed by atoms with van der Waals surface area (Å²) in [6.07, 6.45) is 1.68.